The summed E-state index contributed by atoms with van der Waals surface area (Å²) in [4.78, 5) is 0.00586. The van der Waals surface area contributed by atoms with Crippen molar-refractivity contribution < 1.29 is 12.8 Å². The van der Waals surface area contributed by atoms with E-state index in [-0.39, 0.29) is 16.6 Å². The van der Waals surface area contributed by atoms with Gasteiger partial charge in [0, 0.05) is 12.6 Å². The molecule has 20 heavy (non-hydrogen) atoms. The average Bonchev–Trinajstić information content (AvgIpc) is 2.40. The van der Waals surface area contributed by atoms with Crippen LogP contribution in [-0.4, -0.2) is 25.3 Å². The third-order valence-electron chi connectivity index (χ3n) is 3.85. The van der Waals surface area contributed by atoms with Crippen molar-refractivity contribution in [1.29, 1.82) is 0 Å². The number of nitrogens with two attached hydrogens (primary N) is 1. The van der Waals surface area contributed by atoms with Crippen LogP contribution in [0.5, 0.6) is 0 Å². The summed E-state index contributed by atoms with van der Waals surface area (Å²) in [7, 11) is -3.66. The van der Waals surface area contributed by atoms with Gasteiger partial charge in [-0.25, -0.2) is 12.8 Å². The van der Waals surface area contributed by atoms with Gasteiger partial charge in [0.25, 0.3) is 0 Å². The van der Waals surface area contributed by atoms with Crippen LogP contribution in [0.4, 0.5) is 10.1 Å². The van der Waals surface area contributed by atoms with Crippen LogP contribution in [0.2, 0.25) is 0 Å². The van der Waals surface area contributed by atoms with Crippen molar-refractivity contribution in [3.63, 3.8) is 0 Å². The normalized spacial score (nSPS) is 17.6. The smallest absolute Gasteiger partial charge is 0.245 e. The second-order valence-electron chi connectivity index (χ2n) is 5.18. The molecule has 6 heteroatoms. The lowest BCUT2D eigenvalue weighted by atomic mass is 9.95. The number of rotatable bonds is 4. The van der Waals surface area contributed by atoms with Crippen LogP contribution in [0, 0.1) is 5.82 Å². The van der Waals surface area contributed by atoms with Crippen molar-refractivity contribution in [1.82, 2.24) is 4.31 Å². The van der Waals surface area contributed by atoms with Gasteiger partial charge in [-0.15, -0.1) is 0 Å². The molecule has 0 radical (unpaired) electrons. The Labute approximate surface area is 119 Å². The second kappa shape index (κ2) is 6.10. The van der Waals surface area contributed by atoms with Crippen LogP contribution < -0.4 is 5.73 Å². The molecule has 2 rings (SSSR count). The van der Waals surface area contributed by atoms with Crippen molar-refractivity contribution in [2.75, 3.05) is 12.3 Å². The maximum Gasteiger partial charge on any atom is 0.245 e. The third-order valence-corrected chi connectivity index (χ3v) is 5.95. The molecule has 0 aliphatic heterocycles. The summed E-state index contributed by atoms with van der Waals surface area (Å²) in [6, 6.07) is 3.48. The Morgan fingerprint density at radius 2 is 1.95 bits per heavy atom. The fraction of sp³-hybridized carbons (Fsp3) is 0.571. The molecule has 1 aromatic rings. The summed E-state index contributed by atoms with van der Waals surface area (Å²) in [5.41, 5.74) is 5.66. The van der Waals surface area contributed by atoms with Gasteiger partial charge in [0.15, 0.2) is 0 Å². The Morgan fingerprint density at radius 1 is 1.30 bits per heavy atom. The zero-order valence-corrected chi connectivity index (χ0v) is 12.5. The fourth-order valence-electron chi connectivity index (χ4n) is 2.87. The van der Waals surface area contributed by atoms with Gasteiger partial charge in [-0.1, -0.05) is 26.2 Å². The predicted molar refractivity (Wildman–Crippen MR) is 77.3 cm³/mol. The van der Waals surface area contributed by atoms with Crippen LogP contribution in [-0.2, 0) is 10.0 Å². The zero-order valence-electron chi connectivity index (χ0n) is 11.7. The molecule has 1 saturated carbocycles. The minimum atomic E-state index is -3.66. The number of hydrogen-bond donors (Lipinski definition) is 1. The fourth-order valence-corrected chi connectivity index (χ4v) is 4.67. The first-order valence-electron chi connectivity index (χ1n) is 7.03. The number of anilines is 1. The molecule has 0 atom stereocenters. The quantitative estimate of drug-likeness (QED) is 0.870. The maximum atomic E-state index is 13.1. The second-order valence-corrected chi connectivity index (χ2v) is 7.04. The van der Waals surface area contributed by atoms with Gasteiger partial charge in [0.05, 0.1) is 5.69 Å². The van der Waals surface area contributed by atoms with E-state index in [1.165, 1.54) is 10.4 Å². The van der Waals surface area contributed by atoms with E-state index in [1.54, 1.807) is 0 Å². The van der Waals surface area contributed by atoms with Crippen LogP contribution in [0.25, 0.3) is 0 Å². The van der Waals surface area contributed by atoms with Crippen molar-refractivity contribution in [2.24, 2.45) is 0 Å². The number of nitrogen functional groups attached to an aromatic ring is 1. The highest BCUT2D eigenvalue weighted by Gasteiger charge is 2.32. The number of benzene rings is 1. The van der Waals surface area contributed by atoms with E-state index >= 15 is 0 Å². The van der Waals surface area contributed by atoms with Crippen LogP contribution >= 0.6 is 0 Å². The molecule has 4 nitrogen and oxygen atoms in total. The highest BCUT2D eigenvalue weighted by molar-refractivity contribution is 7.89. The van der Waals surface area contributed by atoms with Gasteiger partial charge in [0.1, 0.15) is 10.7 Å². The molecule has 0 heterocycles. The number of hydrogen-bond acceptors (Lipinski definition) is 3. The van der Waals surface area contributed by atoms with E-state index in [1.807, 2.05) is 6.92 Å². The average molecular weight is 300 g/mol. The van der Waals surface area contributed by atoms with E-state index in [0.29, 0.717) is 6.54 Å². The molecule has 1 aliphatic rings. The molecule has 1 fully saturated rings. The van der Waals surface area contributed by atoms with Gasteiger partial charge < -0.3 is 5.73 Å². The molecule has 0 aromatic heterocycles. The van der Waals surface area contributed by atoms with Crippen molar-refractivity contribution in [3.05, 3.63) is 24.0 Å². The van der Waals surface area contributed by atoms with E-state index in [9.17, 15) is 12.8 Å². The minimum absolute atomic E-state index is 0.00586. The van der Waals surface area contributed by atoms with Crippen LogP contribution in [0.1, 0.15) is 39.0 Å². The number of nitrogens with zero attached hydrogens (tertiary/aromatic N) is 1. The summed E-state index contributed by atoms with van der Waals surface area (Å²) in [6.45, 7) is 2.23. The molecular formula is C14H21FN2O2S. The van der Waals surface area contributed by atoms with Gasteiger partial charge >= 0.3 is 0 Å². The molecular weight excluding hydrogens is 279 g/mol. The number of sulfonamides is 1. The Hall–Kier alpha value is -1.14. The Kier molecular flexibility index (Phi) is 4.65. The van der Waals surface area contributed by atoms with Gasteiger partial charge in [-0.3, -0.25) is 0 Å². The van der Waals surface area contributed by atoms with E-state index < -0.39 is 15.8 Å². The zero-order chi connectivity index (χ0) is 14.8. The third kappa shape index (κ3) is 2.96. The molecule has 0 unspecified atom stereocenters. The first kappa shape index (κ1) is 15.3. The highest BCUT2D eigenvalue weighted by Crippen LogP contribution is 2.30. The number of halogens is 1. The standard InChI is InChI=1S/C14H21FN2O2S/c1-2-17(12-6-4-3-5-7-12)20(18,19)14-9-8-11(15)10-13(14)16/h8-10,12H,2-7,16H2,1H3. The van der Waals surface area contributed by atoms with Crippen LogP contribution in [0.15, 0.2) is 23.1 Å². The van der Waals surface area contributed by atoms with E-state index in [4.69, 9.17) is 5.73 Å². The lowest BCUT2D eigenvalue weighted by Gasteiger charge is -2.32. The summed E-state index contributed by atoms with van der Waals surface area (Å²) >= 11 is 0. The van der Waals surface area contributed by atoms with Crippen LogP contribution in [0.3, 0.4) is 0 Å². The van der Waals surface area contributed by atoms with Crippen molar-refractivity contribution in [3.8, 4) is 0 Å². The molecule has 1 aromatic carbocycles. The molecule has 0 amide bonds. The predicted octanol–water partition coefficient (Wildman–Crippen LogP) is 2.75. The Bertz CT molecular complexity index is 569. The summed E-state index contributed by atoms with van der Waals surface area (Å²) in [6.07, 6.45) is 5.03. The Balaban J connectivity index is 2.35. The molecule has 0 bridgehead atoms. The largest absolute Gasteiger partial charge is 0.398 e. The van der Waals surface area contributed by atoms with E-state index in [0.717, 1.165) is 44.2 Å². The SMILES string of the molecule is CCN(C1CCCCC1)S(=O)(=O)c1ccc(F)cc1N. The lowest BCUT2D eigenvalue weighted by Crippen LogP contribution is -2.41. The van der Waals surface area contributed by atoms with Crippen molar-refractivity contribution >= 4 is 15.7 Å². The maximum absolute atomic E-state index is 13.1. The van der Waals surface area contributed by atoms with E-state index in [2.05, 4.69) is 0 Å². The monoisotopic (exact) mass is 300 g/mol. The summed E-state index contributed by atoms with van der Waals surface area (Å²) in [5.74, 6) is -0.526. The summed E-state index contributed by atoms with van der Waals surface area (Å²) < 4.78 is 40.0. The van der Waals surface area contributed by atoms with Gasteiger partial charge in [-0.05, 0) is 31.0 Å². The first-order valence-corrected chi connectivity index (χ1v) is 8.47. The molecule has 112 valence electrons. The minimum Gasteiger partial charge on any atom is -0.398 e. The van der Waals surface area contributed by atoms with Gasteiger partial charge in [-0.2, -0.15) is 4.31 Å². The highest BCUT2D eigenvalue weighted by atomic mass is 32.2. The lowest BCUT2D eigenvalue weighted by molar-refractivity contribution is 0.261. The van der Waals surface area contributed by atoms with Crippen molar-refractivity contribution in [2.45, 2.75) is 50.0 Å². The van der Waals surface area contributed by atoms with Gasteiger partial charge in [0.2, 0.25) is 10.0 Å². The summed E-state index contributed by atoms with van der Waals surface area (Å²) in [5, 5.41) is 0. The topological polar surface area (TPSA) is 63.4 Å². The first-order chi connectivity index (χ1) is 9.46. The molecule has 0 spiro atoms. The molecule has 2 N–H and O–H groups in total. The molecule has 0 saturated heterocycles. The molecule has 1 aliphatic carbocycles. The Morgan fingerprint density at radius 3 is 2.50 bits per heavy atom.